The van der Waals surface area contributed by atoms with Gasteiger partial charge in [-0.05, 0) is 6.42 Å². The second-order valence-electron chi connectivity index (χ2n) is 1.90. The van der Waals surface area contributed by atoms with Crippen molar-refractivity contribution in [3.63, 3.8) is 0 Å². The Morgan fingerprint density at radius 2 is 2.60 bits per heavy atom. The number of aromatic nitrogens is 1. The smallest absolute Gasteiger partial charge is 0.180 e. The molecule has 1 heterocycles. The van der Waals surface area contributed by atoms with Crippen molar-refractivity contribution < 1.29 is 9.52 Å². The van der Waals surface area contributed by atoms with E-state index in [4.69, 9.17) is 16.0 Å². The van der Waals surface area contributed by atoms with Crippen molar-refractivity contribution in [3.05, 3.63) is 18.4 Å². The molecule has 56 valence electrons. The van der Waals surface area contributed by atoms with Crippen molar-refractivity contribution in [2.75, 3.05) is 5.88 Å². The number of halogens is 1. The number of nitrogens with zero attached hydrogens (tertiary/aromatic N) is 1. The Bertz CT molecular complexity index is 176. The number of aliphatic hydroxyl groups is 1. The maximum atomic E-state index is 9.19. The third-order valence-corrected chi connectivity index (χ3v) is 1.38. The summed E-state index contributed by atoms with van der Waals surface area (Å²) in [5.41, 5.74) is 0. The highest BCUT2D eigenvalue weighted by Crippen LogP contribution is 2.15. The van der Waals surface area contributed by atoms with Crippen molar-refractivity contribution in [2.24, 2.45) is 0 Å². The van der Waals surface area contributed by atoms with Gasteiger partial charge in [-0.3, -0.25) is 0 Å². The summed E-state index contributed by atoms with van der Waals surface area (Å²) in [6.45, 7) is 0. The maximum Gasteiger partial charge on any atom is 0.180 e. The van der Waals surface area contributed by atoms with Gasteiger partial charge in [0.2, 0.25) is 0 Å². The SMILES string of the molecule is O[C@H](CCCl)c1cnco1. The minimum atomic E-state index is -0.611. The van der Waals surface area contributed by atoms with Crippen LogP contribution in [0.15, 0.2) is 17.0 Å². The summed E-state index contributed by atoms with van der Waals surface area (Å²) in [4.78, 5) is 3.66. The first kappa shape index (κ1) is 7.57. The molecule has 0 radical (unpaired) electrons. The monoisotopic (exact) mass is 161 g/mol. The first-order valence-corrected chi connectivity index (χ1v) is 3.50. The molecule has 0 spiro atoms. The Kier molecular flexibility index (Phi) is 2.71. The number of aliphatic hydroxyl groups excluding tert-OH is 1. The van der Waals surface area contributed by atoms with Crippen molar-refractivity contribution >= 4 is 11.6 Å². The fourth-order valence-corrected chi connectivity index (χ4v) is 0.842. The molecule has 4 heteroatoms. The lowest BCUT2D eigenvalue weighted by Crippen LogP contribution is -1.95. The Balaban J connectivity index is 2.50. The molecule has 0 aliphatic heterocycles. The first-order chi connectivity index (χ1) is 4.84. The van der Waals surface area contributed by atoms with Crippen LogP contribution in [-0.4, -0.2) is 16.0 Å². The fraction of sp³-hybridized carbons (Fsp3) is 0.500. The van der Waals surface area contributed by atoms with Crippen molar-refractivity contribution in [1.29, 1.82) is 0 Å². The molecular weight excluding hydrogens is 154 g/mol. The van der Waals surface area contributed by atoms with Gasteiger partial charge in [0.05, 0.1) is 6.20 Å². The lowest BCUT2D eigenvalue weighted by atomic mass is 10.2. The molecule has 0 saturated carbocycles. The molecule has 0 aromatic carbocycles. The van der Waals surface area contributed by atoms with Crippen LogP contribution >= 0.6 is 11.6 Å². The largest absolute Gasteiger partial charge is 0.446 e. The third kappa shape index (κ3) is 1.72. The standard InChI is InChI=1S/C6H8ClNO2/c7-2-1-5(9)6-3-8-4-10-6/h3-5,9H,1-2H2/t5-/m1/s1. The van der Waals surface area contributed by atoms with Gasteiger partial charge in [-0.1, -0.05) is 0 Å². The Hall–Kier alpha value is -0.540. The van der Waals surface area contributed by atoms with Gasteiger partial charge < -0.3 is 9.52 Å². The van der Waals surface area contributed by atoms with Gasteiger partial charge in [-0.25, -0.2) is 4.98 Å². The number of alkyl halides is 1. The summed E-state index contributed by atoms with van der Waals surface area (Å²) in [6, 6.07) is 0. The Labute approximate surface area is 63.6 Å². The molecule has 1 N–H and O–H groups in total. The molecule has 0 aliphatic rings. The van der Waals surface area contributed by atoms with E-state index in [1.165, 1.54) is 12.6 Å². The van der Waals surface area contributed by atoms with Crippen LogP contribution < -0.4 is 0 Å². The average Bonchev–Trinajstić information content (AvgIpc) is 2.38. The summed E-state index contributed by atoms with van der Waals surface area (Å²) < 4.78 is 4.83. The number of oxazole rings is 1. The predicted octanol–water partition coefficient (Wildman–Crippen LogP) is 1.34. The molecule has 0 bridgehead atoms. The molecule has 3 nitrogen and oxygen atoms in total. The number of hydrogen-bond acceptors (Lipinski definition) is 3. The van der Waals surface area contributed by atoms with Gasteiger partial charge >= 0.3 is 0 Å². The summed E-state index contributed by atoms with van der Waals surface area (Å²) in [6.07, 6.45) is 2.65. The van der Waals surface area contributed by atoms with E-state index in [2.05, 4.69) is 4.98 Å². The minimum Gasteiger partial charge on any atom is -0.446 e. The van der Waals surface area contributed by atoms with E-state index in [0.717, 1.165) is 0 Å². The lowest BCUT2D eigenvalue weighted by Gasteiger charge is -2.01. The zero-order valence-electron chi connectivity index (χ0n) is 5.33. The predicted molar refractivity (Wildman–Crippen MR) is 36.8 cm³/mol. The van der Waals surface area contributed by atoms with Crippen LogP contribution in [0.5, 0.6) is 0 Å². The van der Waals surface area contributed by atoms with Crippen LogP contribution in [0.3, 0.4) is 0 Å². The van der Waals surface area contributed by atoms with Crippen molar-refractivity contribution in [3.8, 4) is 0 Å². The summed E-state index contributed by atoms with van der Waals surface area (Å²) >= 11 is 5.39. The molecule has 0 fully saturated rings. The van der Waals surface area contributed by atoms with E-state index in [9.17, 15) is 5.11 Å². The van der Waals surface area contributed by atoms with Gasteiger partial charge in [-0.2, -0.15) is 0 Å². The molecule has 1 rings (SSSR count). The summed E-state index contributed by atoms with van der Waals surface area (Å²) in [7, 11) is 0. The van der Waals surface area contributed by atoms with Crippen LogP contribution in [0.2, 0.25) is 0 Å². The zero-order chi connectivity index (χ0) is 7.40. The molecule has 0 saturated heterocycles. The Morgan fingerprint density at radius 3 is 3.10 bits per heavy atom. The normalized spacial score (nSPS) is 13.4. The van der Waals surface area contributed by atoms with Crippen LogP contribution in [0, 0.1) is 0 Å². The Morgan fingerprint density at radius 1 is 1.80 bits per heavy atom. The molecule has 10 heavy (non-hydrogen) atoms. The highest BCUT2D eigenvalue weighted by molar-refractivity contribution is 6.17. The van der Waals surface area contributed by atoms with E-state index >= 15 is 0 Å². The van der Waals surface area contributed by atoms with Crippen LogP contribution in [0.25, 0.3) is 0 Å². The average molecular weight is 162 g/mol. The second-order valence-corrected chi connectivity index (χ2v) is 2.28. The van der Waals surface area contributed by atoms with E-state index in [-0.39, 0.29) is 0 Å². The van der Waals surface area contributed by atoms with Gasteiger partial charge in [-0.15, -0.1) is 11.6 Å². The summed E-state index contributed by atoms with van der Waals surface area (Å²) in [5.74, 6) is 0.891. The quantitative estimate of drug-likeness (QED) is 0.681. The maximum absolute atomic E-state index is 9.19. The van der Waals surface area contributed by atoms with E-state index in [1.807, 2.05) is 0 Å². The van der Waals surface area contributed by atoms with E-state index in [0.29, 0.717) is 18.1 Å². The van der Waals surface area contributed by atoms with E-state index in [1.54, 1.807) is 0 Å². The number of hydrogen-bond donors (Lipinski definition) is 1. The topological polar surface area (TPSA) is 46.3 Å². The molecule has 0 aliphatic carbocycles. The lowest BCUT2D eigenvalue weighted by molar-refractivity contribution is 0.146. The molecule has 1 atom stereocenters. The highest BCUT2D eigenvalue weighted by atomic mass is 35.5. The van der Waals surface area contributed by atoms with Crippen molar-refractivity contribution in [2.45, 2.75) is 12.5 Å². The molecule has 1 aromatic heterocycles. The van der Waals surface area contributed by atoms with Crippen LogP contribution in [0.1, 0.15) is 18.3 Å². The fourth-order valence-electron chi connectivity index (χ4n) is 0.636. The van der Waals surface area contributed by atoms with E-state index < -0.39 is 6.10 Å². The van der Waals surface area contributed by atoms with Crippen molar-refractivity contribution in [1.82, 2.24) is 4.98 Å². The molecule has 0 amide bonds. The van der Waals surface area contributed by atoms with Gasteiger partial charge in [0.15, 0.2) is 12.2 Å². The molecule has 0 unspecified atom stereocenters. The van der Waals surface area contributed by atoms with Crippen LogP contribution in [0.4, 0.5) is 0 Å². The molecule has 1 aromatic rings. The minimum absolute atomic E-state index is 0.419. The third-order valence-electron chi connectivity index (χ3n) is 1.16. The first-order valence-electron chi connectivity index (χ1n) is 2.97. The van der Waals surface area contributed by atoms with Gasteiger partial charge in [0.25, 0.3) is 0 Å². The van der Waals surface area contributed by atoms with Gasteiger partial charge in [0.1, 0.15) is 6.10 Å². The zero-order valence-corrected chi connectivity index (χ0v) is 6.08. The van der Waals surface area contributed by atoms with Gasteiger partial charge in [0, 0.05) is 5.88 Å². The van der Waals surface area contributed by atoms with Crippen LogP contribution in [-0.2, 0) is 0 Å². The summed E-state index contributed by atoms with van der Waals surface area (Å²) in [5, 5.41) is 9.19. The highest BCUT2D eigenvalue weighted by Gasteiger charge is 2.08. The number of rotatable bonds is 3. The molecular formula is C6H8ClNO2. The second kappa shape index (κ2) is 3.58.